The van der Waals surface area contributed by atoms with Crippen LogP contribution in [0, 0.1) is 12.7 Å². The fourth-order valence-electron chi connectivity index (χ4n) is 3.64. The molecule has 6 nitrogen and oxygen atoms in total. The number of benzene rings is 2. The Morgan fingerprint density at radius 1 is 1.13 bits per heavy atom. The number of hydrogen-bond donors (Lipinski definition) is 1. The first-order chi connectivity index (χ1) is 14.4. The van der Waals surface area contributed by atoms with Gasteiger partial charge in [0.25, 0.3) is 11.7 Å². The van der Waals surface area contributed by atoms with Crippen molar-refractivity contribution in [2.45, 2.75) is 13.0 Å². The zero-order valence-corrected chi connectivity index (χ0v) is 16.3. The standard InChI is InChI=1S/C23H18FNO5/c1-13-6-3-4-7-16(13)25-20(18-8-5-11-30-18)19(22(27)23(25)28)21(26)15-12-14(24)9-10-17(15)29-2/h3-12,20,26H,1-2H3/b21-19-. The van der Waals surface area contributed by atoms with Crippen LogP contribution in [0.1, 0.15) is 22.9 Å². The van der Waals surface area contributed by atoms with Crippen LogP contribution in [-0.4, -0.2) is 23.9 Å². The smallest absolute Gasteiger partial charge is 0.300 e. The van der Waals surface area contributed by atoms with Crippen molar-refractivity contribution < 1.29 is 28.2 Å². The summed E-state index contributed by atoms with van der Waals surface area (Å²) in [5.74, 6) is -2.43. The number of aliphatic hydroxyl groups is 1. The second-order valence-electron chi connectivity index (χ2n) is 6.82. The van der Waals surface area contributed by atoms with Crippen molar-refractivity contribution in [3.8, 4) is 5.75 Å². The molecular formula is C23H18FNO5. The summed E-state index contributed by atoms with van der Waals surface area (Å²) in [5, 5.41) is 11.0. The summed E-state index contributed by atoms with van der Waals surface area (Å²) in [6.07, 6.45) is 1.41. The predicted molar refractivity (Wildman–Crippen MR) is 108 cm³/mol. The van der Waals surface area contributed by atoms with Crippen LogP contribution in [-0.2, 0) is 9.59 Å². The molecule has 1 saturated heterocycles. The Bertz CT molecular complexity index is 1170. The zero-order valence-electron chi connectivity index (χ0n) is 16.3. The Hall–Kier alpha value is -3.87. The molecule has 1 aliphatic rings. The van der Waals surface area contributed by atoms with Gasteiger partial charge >= 0.3 is 0 Å². The van der Waals surface area contributed by atoms with Crippen molar-refractivity contribution in [1.82, 2.24) is 0 Å². The second kappa shape index (κ2) is 7.51. The van der Waals surface area contributed by atoms with Gasteiger partial charge in [0.05, 0.1) is 24.5 Å². The number of carbonyl (C=O) groups excluding carboxylic acids is 2. The van der Waals surface area contributed by atoms with E-state index in [-0.39, 0.29) is 22.6 Å². The summed E-state index contributed by atoms with van der Waals surface area (Å²) in [6, 6.07) is 12.8. The average molecular weight is 407 g/mol. The number of methoxy groups -OCH3 is 1. The summed E-state index contributed by atoms with van der Waals surface area (Å²) < 4.78 is 24.6. The number of hydrogen-bond acceptors (Lipinski definition) is 5. The molecule has 1 atom stereocenters. The van der Waals surface area contributed by atoms with Crippen LogP contribution in [0.25, 0.3) is 5.76 Å². The summed E-state index contributed by atoms with van der Waals surface area (Å²) in [4.78, 5) is 27.3. The van der Waals surface area contributed by atoms with E-state index in [4.69, 9.17) is 9.15 Å². The molecule has 1 aromatic heterocycles. The van der Waals surface area contributed by atoms with Crippen molar-refractivity contribution in [2.24, 2.45) is 0 Å². The summed E-state index contributed by atoms with van der Waals surface area (Å²) in [6.45, 7) is 1.81. The van der Waals surface area contributed by atoms with Gasteiger partial charge in [-0.1, -0.05) is 18.2 Å². The van der Waals surface area contributed by atoms with E-state index in [1.807, 2.05) is 19.1 Å². The van der Waals surface area contributed by atoms with Crippen LogP contribution in [0.15, 0.2) is 70.9 Å². The molecule has 0 aliphatic carbocycles. The second-order valence-corrected chi connectivity index (χ2v) is 6.82. The highest BCUT2D eigenvalue weighted by Crippen LogP contribution is 2.44. The van der Waals surface area contributed by atoms with Crippen molar-refractivity contribution in [2.75, 3.05) is 12.0 Å². The minimum atomic E-state index is -1.02. The van der Waals surface area contributed by atoms with Gasteiger partial charge in [-0.3, -0.25) is 14.5 Å². The number of anilines is 1. The third-order valence-corrected chi connectivity index (χ3v) is 5.05. The Labute approximate surface area is 171 Å². The van der Waals surface area contributed by atoms with Crippen molar-refractivity contribution in [3.63, 3.8) is 0 Å². The van der Waals surface area contributed by atoms with Crippen LogP contribution in [0.2, 0.25) is 0 Å². The molecule has 1 N–H and O–H groups in total. The third-order valence-electron chi connectivity index (χ3n) is 5.05. The molecule has 1 aliphatic heterocycles. The molecule has 2 aromatic carbocycles. The number of rotatable bonds is 4. The van der Waals surface area contributed by atoms with E-state index in [0.29, 0.717) is 5.69 Å². The number of Topliss-reactive ketones (excluding diaryl/α,β-unsaturated/α-hetero) is 1. The average Bonchev–Trinajstić information content (AvgIpc) is 3.35. The minimum absolute atomic E-state index is 0.0307. The van der Waals surface area contributed by atoms with Gasteiger partial charge in [-0.25, -0.2) is 4.39 Å². The highest BCUT2D eigenvalue weighted by molar-refractivity contribution is 6.51. The quantitative estimate of drug-likeness (QED) is 0.395. The molecule has 1 fully saturated rings. The number of ketones is 1. The third kappa shape index (κ3) is 3.04. The van der Waals surface area contributed by atoms with Crippen LogP contribution < -0.4 is 9.64 Å². The number of amides is 1. The summed E-state index contributed by atoms with van der Waals surface area (Å²) in [7, 11) is 1.36. The molecular weight excluding hydrogens is 389 g/mol. The summed E-state index contributed by atoms with van der Waals surface area (Å²) >= 11 is 0. The monoisotopic (exact) mass is 407 g/mol. The Balaban J connectivity index is 1.98. The number of furan rings is 1. The Morgan fingerprint density at radius 2 is 1.90 bits per heavy atom. The van der Waals surface area contributed by atoms with E-state index >= 15 is 0 Å². The number of aliphatic hydroxyl groups excluding tert-OH is 1. The molecule has 0 radical (unpaired) electrons. The van der Waals surface area contributed by atoms with Gasteiger partial charge in [-0.2, -0.15) is 0 Å². The molecule has 0 bridgehead atoms. The molecule has 7 heteroatoms. The van der Waals surface area contributed by atoms with Crippen molar-refractivity contribution in [3.05, 3.63) is 89.1 Å². The number of carbonyl (C=O) groups is 2. The van der Waals surface area contributed by atoms with Crippen molar-refractivity contribution >= 4 is 23.1 Å². The van der Waals surface area contributed by atoms with Gasteiger partial charge in [0.1, 0.15) is 29.1 Å². The first-order valence-electron chi connectivity index (χ1n) is 9.18. The number of aryl methyl sites for hydroxylation is 1. The predicted octanol–water partition coefficient (Wildman–Crippen LogP) is 4.36. The van der Waals surface area contributed by atoms with Crippen LogP contribution in [0.5, 0.6) is 5.75 Å². The van der Waals surface area contributed by atoms with Crippen LogP contribution in [0.3, 0.4) is 0 Å². The molecule has 30 heavy (non-hydrogen) atoms. The fraction of sp³-hybridized carbons (Fsp3) is 0.130. The highest BCUT2D eigenvalue weighted by atomic mass is 19.1. The Morgan fingerprint density at radius 3 is 2.57 bits per heavy atom. The zero-order chi connectivity index (χ0) is 21.4. The highest BCUT2D eigenvalue weighted by Gasteiger charge is 2.48. The van der Waals surface area contributed by atoms with Gasteiger partial charge in [0.2, 0.25) is 0 Å². The number of para-hydroxylation sites is 1. The SMILES string of the molecule is COc1ccc(F)cc1/C(O)=C1/C(=O)C(=O)N(c2ccccc2C)C1c1ccco1. The fourth-order valence-corrected chi connectivity index (χ4v) is 3.64. The lowest BCUT2D eigenvalue weighted by Gasteiger charge is -2.25. The van der Waals surface area contributed by atoms with Gasteiger partial charge in [0, 0.05) is 5.69 Å². The number of halogens is 1. The first kappa shape index (κ1) is 19.4. The maximum atomic E-state index is 13.9. The van der Waals surface area contributed by atoms with Crippen LogP contribution >= 0.6 is 0 Å². The van der Waals surface area contributed by atoms with Gasteiger partial charge in [0.15, 0.2) is 0 Å². The van der Waals surface area contributed by atoms with E-state index in [1.165, 1.54) is 30.4 Å². The van der Waals surface area contributed by atoms with Gasteiger partial charge in [-0.05, 0) is 48.9 Å². The summed E-state index contributed by atoms with van der Waals surface area (Å²) in [5.41, 5.74) is 1.03. The van der Waals surface area contributed by atoms with Crippen molar-refractivity contribution in [1.29, 1.82) is 0 Å². The van der Waals surface area contributed by atoms with E-state index < -0.39 is 29.3 Å². The number of ether oxygens (including phenoxy) is 1. The minimum Gasteiger partial charge on any atom is -0.507 e. The molecule has 3 aromatic rings. The van der Waals surface area contributed by atoms with E-state index in [2.05, 4.69) is 0 Å². The van der Waals surface area contributed by atoms with Gasteiger partial charge < -0.3 is 14.3 Å². The lowest BCUT2D eigenvalue weighted by molar-refractivity contribution is -0.132. The topological polar surface area (TPSA) is 80.0 Å². The van der Waals surface area contributed by atoms with Crippen LogP contribution in [0.4, 0.5) is 10.1 Å². The van der Waals surface area contributed by atoms with E-state index in [9.17, 15) is 19.1 Å². The first-order valence-corrected chi connectivity index (χ1v) is 9.18. The molecule has 152 valence electrons. The molecule has 1 amide bonds. The van der Waals surface area contributed by atoms with Gasteiger partial charge in [-0.15, -0.1) is 0 Å². The lowest BCUT2D eigenvalue weighted by Crippen LogP contribution is -2.29. The normalized spacial score (nSPS) is 18.1. The molecule has 1 unspecified atom stereocenters. The molecule has 2 heterocycles. The molecule has 0 spiro atoms. The Kier molecular flexibility index (Phi) is 4.87. The maximum absolute atomic E-state index is 13.9. The lowest BCUT2D eigenvalue weighted by atomic mass is 9.98. The maximum Gasteiger partial charge on any atom is 0.300 e. The number of nitrogens with zero attached hydrogens (tertiary/aromatic N) is 1. The van der Waals surface area contributed by atoms with E-state index in [1.54, 1.807) is 24.3 Å². The van der Waals surface area contributed by atoms with E-state index in [0.717, 1.165) is 11.6 Å². The largest absolute Gasteiger partial charge is 0.507 e. The molecule has 0 saturated carbocycles. The molecule has 4 rings (SSSR count).